The molecule has 7 nitrogen and oxygen atoms in total. The Morgan fingerprint density at radius 3 is 2.71 bits per heavy atom. The SMILES string of the molecule is CC1(CN2C=Cc3cc(-c4cnc(N)nc4)nc(NC4CCC4)c3C2)COC1. The molecule has 0 unspecified atom stereocenters. The van der Waals surface area contributed by atoms with Crippen LogP contribution >= 0.6 is 0 Å². The molecule has 1 saturated heterocycles. The summed E-state index contributed by atoms with van der Waals surface area (Å²) in [6.07, 6.45) is 11.6. The molecule has 1 aliphatic carbocycles. The molecule has 3 N–H and O–H groups in total. The predicted molar refractivity (Wildman–Crippen MR) is 109 cm³/mol. The van der Waals surface area contributed by atoms with Gasteiger partial charge in [-0.15, -0.1) is 0 Å². The maximum absolute atomic E-state index is 5.64. The highest BCUT2D eigenvalue weighted by Gasteiger charge is 2.35. The lowest BCUT2D eigenvalue weighted by Crippen LogP contribution is -2.47. The number of nitrogens with zero attached hydrogens (tertiary/aromatic N) is 4. The average molecular weight is 378 g/mol. The molecule has 0 atom stereocenters. The van der Waals surface area contributed by atoms with Crippen molar-refractivity contribution in [3.8, 4) is 11.3 Å². The van der Waals surface area contributed by atoms with Gasteiger partial charge in [0.2, 0.25) is 5.95 Å². The van der Waals surface area contributed by atoms with E-state index in [4.69, 9.17) is 15.5 Å². The van der Waals surface area contributed by atoms with Gasteiger partial charge in [0, 0.05) is 48.1 Å². The summed E-state index contributed by atoms with van der Waals surface area (Å²) < 4.78 is 5.42. The summed E-state index contributed by atoms with van der Waals surface area (Å²) in [4.78, 5) is 15.6. The first-order valence-corrected chi connectivity index (χ1v) is 9.96. The Balaban J connectivity index is 1.47. The number of nitrogens with two attached hydrogens (primary N) is 1. The maximum Gasteiger partial charge on any atom is 0.219 e. The Labute approximate surface area is 165 Å². The second kappa shape index (κ2) is 6.74. The van der Waals surface area contributed by atoms with Gasteiger partial charge >= 0.3 is 0 Å². The van der Waals surface area contributed by atoms with E-state index >= 15 is 0 Å². The van der Waals surface area contributed by atoms with Crippen molar-refractivity contribution in [1.29, 1.82) is 0 Å². The third-order valence-corrected chi connectivity index (χ3v) is 5.88. The monoisotopic (exact) mass is 378 g/mol. The Morgan fingerprint density at radius 2 is 2.07 bits per heavy atom. The number of pyridine rings is 1. The van der Waals surface area contributed by atoms with Crippen molar-refractivity contribution in [3.63, 3.8) is 0 Å². The first-order chi connectivity index (χ1) is 13.6. The predicted octanol–water partition coefficient (Wildman–Crippen LogP) is 2.91. The van der Waals surface area contributed by atoms with Gasteiger partial charge < -0.3 is 20.7 Å². The number of nitrogens with one attached hydrogen (secondary N) is 1. The molecule has 0 aromatic carbocycles. The van der Waals surface area contributed by atoms with E-state index in [2.05, 4.69) is 45.5 Å². The molecule has 0 bridgehead atoms. The molecule has 146 valence electrons. The van der Waals surface area contributed by atoms with E-state index in [1.807, 2.05) is 0 Å². The molecule has 0 amide bonds. The Bertz CT molecular complexity index is 902. The third kappa shape index (κ3) is 3.30. The summed E-state index contributed by atoms with van der Waals surface area (Å²) in [5, 5.41) is 3.68. The fourth-order valence-corrected chi connectivity index (χ4v) is 3.97. The molecule has 5 rings (SSSR count). The number of hydrogen-bond donors (Lipinski definition) is 2. The molecule has 0 radical (unpaired) electrons. The van der Waals surface area contributed by atoms with Crippen molar-refractivity contribution in [3.05, 3.63) is 35.8 Å². The van der Waals surface area contributed by atoms with Gasteiger partial charge in [0.25, 0.3) is 0 Å². The smallest absolute Gasteiger partial charge is 0.219 e. The molecule has 4 heterocycles. The zero-order chi connectivity index (χ0) is 19.1. The third-order valence-electron chi connectivity index (χ3n) is 5.88. The van der Waals surface area contributed by atoms with Crippen LogP contribution in [0.5, 0.6) is 0 Å². The molecule has 1 saturated carbocycles. The second-order valence-electron chi connectivity index (χ2n) is 8.55. The average Bonchev–Trinajstić information content (AvgIpc) is 2.64. The van der Waals surface area contributed by atoms with E-state index in [9.17, 15) is 0 Å². The van der Waals surface area contributed by atoms with E-state index in [0.29, 0.717) is 6.04 Å². The highest BCUT2D eigenvalue weighted by molar-refractivity contribution is 5.71. The van der Waals surface area contributed by atoms with Gasteiger partial charge in [-0.05, 0) is 43.2 Å². The van der Waals surface area contributed by atoms with Crippen LogP contribution in [0.3, 0.4) is 0 Å². The highest BCUT2D eigenvalue weighted by atomic mass is 16.5. The molecule has 0 spiro atoms. The zero-order valence-corrected chi connectivity index (χ0v) is 16.2. The Kier molecular flexibility index (Phi) is 4.19. The Morgan fingerprint density at radius 1 is 1.29 bits per heavy atom. The van der Waals surface area contributed by atoms with Crippen LogP contribution in [0.25, 0.3) is 17.3 Å². The fourth-order valence-electron chi connectivity index (χ4n) is 3.97. The van der Waals surface area contributed by atoms with Crippen molar-refractivity contribution < 1.29 is 4.74 Å². The minimum Gasteiger partial charge on any atom is -0.380 e. The normalized spacial score (nSPS) is 20.2. The van der Waals surface area contributed by atoms with Crippen LogP contribution in [0, 0.1) is 5.41 Å². The van der Waals surface area contributed by atoms with Gasteiger partial charge in [-0.1, -0.05) is 6.92 Å². The van der Waals surface area contributed by atoms with Crippen molar-refractivity contribution in [1.82, 2.24) is 19.9 Å². The van der Waals surface area contributed by atoms with E-state index in [1.165, 1.54) is 30.4 Å². The quantitative estimate of drug-likeness (QED) is 0.827. The summed E-state index contributed by atoms with van der Waals surface area (Å²) in [5.74, 6) is 1.26. The molecule has 7 heteroatoms. The number of fused-ring (bicyclic) bond motifs is 1. The summed E-state index contributed by atoms with van der Waals surface area (Å²) >= 11 is 0. The molecule has 3 aliphatic rings. The number of nitrogen functional groups attached to an aromatic ring is 1. The number of anilines is 2. The molecule has 2 aromatic heterocycles. The molecule has 2 fully saturated rings. The lowest BCUT2D eigenvalue weighted by atomic mass is 9.87. The van der Waals surface area contributed by atoms with E-state index in [1.54, 1.807) is 12.4 Å². The van der Waals surface area contributed by atoms with Crippen molar-refractivity contribution >= 4 is 17.8 Å². The summed E-state index contributed by atoms with van der Waals surface area (Å²) in [5.41, 5.74) is 10.1. The van der Waals surface area contributed by atoms with Gasteiger partial charge in [0.05, 0.1) is 18.9 Å². The maximum atomic E-state index is 5.64. The first kappa shape index (κ1) is 17.4. The van der Waals surface area contributed by atoms with Gasteiger partial charge in [-0.25, -0.2) is 15.0 Å². The fraction of sp³-hybridized carbons (Fsp3) is 0.476. The lowest BCUT2D eigenvalue weighted by molar-refractivity contribution is -0.111. The lowest BCUT2D eigenvalue weighted by Gasteiger charge is -2.42. The van der Waals surface area contributed by atoms with Gasteiger partial charge in [0.1, 0.15) is 5.82 Å². The summed E-state index contributed by atoms with van der Waals surface area (Å²) in [6.45, 7) is 5.83. The summed E-state index contributed by atoms with van der Waals surface area (Å²) in [7, 11) is 0. The van der Waals surface area contributed by atoms with E-state index < -0.39 is 0 Å². The van der Waals surface area contributed by atoms with Gasteiger partial charge in [0.15, 0.2) is 0 Å². The van der Waals surface area contributed by atoms with E-state index in [0.717, 1.165) is 43.4 Å². The van der Waals surface area contributed by atoms with Crippen LogP contribution < -0.4 is 11.1 Å². The highest BCUT2D eigenvalue weighted by Crippen LogP contribution is 2.35. The van der Waals surface area contributed by atoms with Crippen molar-refractivity contribution in [2.45, 2.75) is 38.8 Å². The van der Waals surface area contributed by atoms with E-state index in [-0.39, 0.29) is 11.4 Å². The standard InChI is InChI=1S/C21H26N6O/c1-21(12-28-13-21)11-27-6-5-14-7-18(15-8-23-20(22)24-9-15)26-19(17(14)10-27)25-16-3-2-4-16/h5-9,16H,2-4,10-13H2,1H3,(H,25,26)(H2,22,23,24). The number of ether oxygens (including phenoxy) is 1. The minimum absolute atomic E-state index is 0.248. The molecule has 2 aliphatic heterocycles. The van der Waals surface area contributed by atoms with Crippen LogP contribution in [-0.4, -0.2) is 45.7 Å². The minimum atomic E-state index is 0.248. The largest absolute Gasteiger partial charge is 0.380 e. The Hall–Kier alpha value is -2.67. The number of aromatic nitrogens is 3. The topological polar surface area (TPSA) is 89.2 Å². The van der Waals surface area contributed by atoms with Gasteiger partial charge in [-0.3, -0.25) is 0 Å². The molecule has 2 aromatic rings. The summed E-state index contributed by atoms with van der Waals surface area (Å²) in [6, 6.07) is 2.64. The van der Waals surface area contributed by atoms with Gasteiger partial charge in [-0.2, -0.15) is 0 Å². The van der Waals surface area contributed by atoms with Crippen LogP contribution in [0.15, 0.2) is 24.7 Å². The first-order valence-electron chi connectivity index (χ1n) is 9.96. The van der Waals surface area contributed by atoms with Crippen LogP contribution in [0.1, 0.15) is 37.3 Å². The van der Waals surface area contributed by atoms with Crippen LogP contribution in [-0.2, 0) is 11.3 Å². The molecule has 28 heavy (non-hydrogen) atoms. The second-order valence-corrected chi connectivity index (χ2v) is 8.55. The van der Waals surface area contributed by atoms with Crippen molar-refractivity contribution in [2.24, 2.45) is 5.41 Å². The zero-order valence-electron chi connectivity index (χ0n) is 16.2. The van der Waals surface area contributed by atoms with Crippen LogP contribution in [0.2, 0.25) is 0 Å². The van der Waals surface area contributed by atoms with Crippen molar-refractivity contribution in [2.75, 3.05) is 30.8 Å². The molecular weight excluding hydrogens is 352 g/mol. The number of rotatable bonds is 5. The number of hydrogen-bond acceptors (Lipinski definition) is 7. The molecular formula is C21H26N6O. The van der Waals surface area contributed by atoms with Crippen LogP contribution in [0.4, 0.5) is 11.8 Å².